The van der Waals surface area contributed by atoms with Crippen molar-refractivity contribution in [3.05, 3.63) is 11.8 Å². The van der Waals surface area contributed by atoms with Crippen molar-refractivity contribution in [1.82, 2.24) is 4.90 Å². The summed E-state index contributed by atoms with van der Waals surface area (Å²) in [5.74, 6) is -0.149. The average molecular weight is 315 g/mol. The van der Waals surface area contributed by atoms with Crippen LogP contribution in [0.3, 0.4) is 0 Å². The van der Waals surface area contributed by atoms with Crippen molar-refractivity contribution in [3.63, 3.8) is 0 Å². The summed E-state index contributed by atoms with van der Waals surface area (Å²) in [4.78, 5) is 36.0. The highest BCUT2D eigenvalue weighted by Gasteiger charge is 2.39. The van der Waals surface area contributed by atoms with Gasteiger partial charge in [0.05, 0.1) is 23.5 Å². The normalized spacial score (nSPS) is 21.9. The Bertz CT molecular complexity index is 489. The molecule has 0 radical (unpaired) electrons. The zero-order valence-corrected chi connectivity index (χ0v) is 12.8. The molecule has 2 aliphatic rings. The molecule has 0 saturated carbocycles. The molecule has 0 aromatic heterocycles. The van der Waals surface area contributed by atoms with E-state index in [1.807, 2.05) is 0 Å². The molecule has 1 saturated heterocycles. The molecule has 2 atom stereocenters. The lowest BCUT2D eigenvalue weighted by Crippen LogP contribution is -2.49. The molecule has 21 heavy (non-hydrogen) atoms. The maximum atomic E-state index is 11.9. The van der Waals surface area contributed by atoms with Gasteiger partial charge in [-0.15, -0.1) is 11.8 Å². The molecular weight excluding hydrogens is 298 g/mol. The van der Waals surface area contributed by atoms with Crippen LogP contribution < -0.4 is 0 Å². The summed E-state index contributed by atoms with van der Waals surface area (Å²) in [6.07, 6.45) is -0.250. The van der Waals surface area contributed by atoms with Crippen molar-refractivity contribution in [2.24, 2.45) is 0 Å². The van der Waals surface area contributed by atoms with E-state index in [2.05, 4.69) is 0 Å². The summed E-state index contributed by atoms with van der Waals surface area (Å²) in [5.41, 5.74) is 0.372. The van der Waals surface area contributed by atoms with Crippen molar-refractivity contribution in [2.45, 2.75) is 45.0 Å². The number of ether oxygens (including phenoxy) is 3. The molecular formula is C13H17NO6S. The van der Waals surface area contributed by atoms with Crippen molar-refractivity contribution in [2.75, 3.05) is 5.75 Å². The van der Waals surface area contributed by atoms with Gasteiger partial charge in [0, 0.05) is 18.9 Å². The van der Waals surface area contributed by atoms with Crippen LogP contribution >= 0.6 is 11.8 Å². The van der Waals surface area contributed by atoms with E-state index in [0.717, 1.165) is 0 Å². The monoisotopic (exact) mass is 315 g/mol. The Balaban J connectivity index is 1.84. The summed E-state index contributed by atoms with van der Waals surface area (Å²) in [6, 6.07) is 0. The quantitative estimate of drug-likeness (QED) is 0.443. The van der Waals surface area contributed by atoms with Crippen molar-refractivity contribution in [3.8, 4) is 0 Å². The van der Waals surface area contributed by atoms with Gasteiger partial charge in [0.1, 0.15) is 0 Å². The van der Waals surface area contributed by atoms with Gasteiger partial charge in [-0.05, 0) is 13.8 Å². The minimum atomic E-state index is -1.06. The molecule has 0 aromatic carbocycles. The van der Waals surface area contributed by atoms with Gasteiger partial charge < -0.3 is 19.1 Å². The number of nitrogens with zero attached hydrogens (tertiary/aromatic N) is 1. The Kier molecular flexibility index (Phi) is 4.76. The topological polar surface area (TPSA) is 82.1 Å². The molecule has 8 heteroatoms. The van der Waals surface area contributed by atoms with E-state index < -0.39 is 18.4 Å². The number of rotatable bonds is 4. The molecule has 1 fully saturated rings. The third kappa shape index (κ3) is 3.90. The maximum absolute atomic E-state index is 11.9. The fourth-order valence-corrected chi connectivity index (χ4v) is 2.97. The van der Waals surface area contributed by atoms with Crippen LogP contribution in [0.25, 0.3) is 0 Å². The summed E-state index contributed by atoms with van der Waals surface area (Å²) < 4.78 is 14.6. The first-order valence-corrected chi connectivity index (χ1v) is 7.63. The maximum Gasteiger partial charge on any atom is 0.511 e. The fourth-order valence-electron chi connectivity index (χ4n) is 1.80. The molecule has 116 valence electrons. The van der Waals surface area contributed by atoms with E-state index in [1.165, 1.54) is 29.8 Å². The van der Waals surface area contributed by atoms with Crippen LogP contribution in [0.5, 0.6) is 0 Å². The third-order valence-electron chi connectivity index (χ3n) is 2.80. The van der Waals surface area contributed by atoms with Crippen LogP contribution in [-0.4, -0.2) is 46.5 Å². The predicted octanol–water partition coefficient (Wildman–Crippen LogP) is 1.63. The zero-order valence-electron chi connectivity index (χ0n) is 12.0. The number of thioether (sulfide) groups is 1. The van der Waals surface area contributed by atoms with Gasteiger partial charge in [-0.3, -0.25) is 4.79 Å². The highest BCUT2D eigenvalue weighted by atomic mass is 32.2. The van der Waals surface area contributed by atoms with E-state index >= 15 is 0 Å². The number of carbonyl (C=O) groups is 3. The first kappa shape index (κ1) is 15.7. The molecule has 2 heterocycles. The van der Waals surface area contributed by atoms with Crippen LogP contribution in [-0.2, 0) is 23.8 Å². The van der Waals surface area contributed by atoms with Crippen LogP contribution in [0.1, 0.15) is 27.2 Å². The second-order valence-electron chi connectivity index (χ2n) is 4.93. The van der Waals surface area contributed by atoms with E-state index in [4.69, 9.17) is 14.2 Å². The van der Waals surface area contributed by atoms with Crippen molar-refractivity contribution in [1.29, 1.82) is 0 Å². The minimum absolute atomic E-state index is 0.0118. The van der Waals surface area contributed by atoms with Crippen LogP contribution in [0.2, 0.25) is 0 Å². The second-order valence-corrected chi connectivity index (χ2v) is 6.10. The Morgan fingerprint density at radius 1 is 1.29 bits per heavy atom. The highest BCUT2D eigenvalue weighted by Crippen LogP contribution is 2.35. The Morgan fingerprint density at radius 3 is 2.62 bits per heavy atom. The van der Waals surface area contributed by atoms with Crippen LogP contribution in [0, 0.1) is 0 Å². The van der Waals surface area contributed by atoms with Gasteiger partial charge in [-0.25, -0.2) is 9.59 Å². The summed E-state index contributed by atoms with van der Waals surface area (Å²) in [7, 11) is 0. The average Bonchev–Trinajstić information content (AvgIpc) is 2.35. The van der Waals surface area contributed by atoms with E-state index in [1.54, 1.807) is 13.8 Å². The molecule has 7 nitrogen and oxygen atoms in total. The number of hydrogen-bond donors (Lipinski definition) is 0. The van der Waals surface area contributed by atoms with E-state index in [9.17, 15) is 14.4 Å². The highest BCUT2D eigenvalue weighted by molar-refractivity contribution is 8.00. The smallest absolute Gasteiger partial charge is 0.431 e. The lowest BCUT2D eigenvalue weighted by Gasteiger charge is -2.40. The molecule has 1 amide bonds. The summed E-state index contributed by atoms with van der Waals surface area (Å²) >= 11 is 1.51. The van der Waals surface area contributed by atoms with Gasteiger partial charge in [0.15, 0.2) is 0 Å². The Morgan fingerprint density at radius 2 is 2.00 bits per heavy atom. The molecule has 0 bridgehead atoms. The zero-order chi connectivity index (χ0) is 15.6. The number of amides is 1. The standard InChI is InChI=1S/C13H17NO6S/c1-7(2)18-13(17)20-8(3)19-12(16)9-5-14-10(15)4-11(14)21-6-9/h5,7-8,11H,4,6H2,1-3H3/t8?,11-/m1/s1. The van der Waals surface area contributed by atoms with Crippen molar-refractivity contribution < 1.29 is 28.6 Å². The van der Waals surface area contributed by atoms with Crippen LogP contribution in [0.4, 0.5) is 4.79 Å². The van der Waals surface area contributed by atoms with Gasteiger partial charge in [0.2, 0.25) is 12.2 Å². The summed E-state index contributed by atoms with van der Waals surface area (Å²) in [5, 5.41) is 0.128. The first-order valence-electron chi connectivity index (χ1n) is 6.58. The molecule has 0 N–H and O–H groups in total. The number of esters is 1. The molecule has 2 rings (SSSR count). The van der Waals surface area contributed by atoms with Gasteiger partial charge in [-0.1, -0.05) is 0 Å². The number of fused-ring (bicyclic) bond motifs is 1. The molecule has 2 aliphatic heterocycles. The summed E-state index contributed by atoms with van der Waals surface area (Å²) in [6.45, 7) is 4.79. The molecule has 0 aliphatic carbocycles. The molecule has 1 unspecified atom stereocenters. The van der Waals surface area contributed by atoms with Crippen molar-refractivity contribution >= 4 is 29.8 Å². The SMILES string of the molecule is CC(C)OC(=O)OC(C)OC(=O)C1=CN2C(=O)C[C@H]2SC1. The Labute approximate surface area is 126 Å². The van der Waals surface area contributed by atoms with Gasteiger partial charge in [0.25, 0.3) is 0 Å². The van der Waals surface area contributed by atoms with E-state index in [0.29, 0.717) is 17.7 Å². The lowest BCUT2D eigenvalue weighted by molar-refractivity contribution is -0.163. The first-order chi connectivity index (χ1) is 9.86. The second kappa shape index (κ2) is 6.38. The number of carbonyl (C=O) groups excluding carboxylic acids is 3. The largest absolute Gasteiger partial charge is 0.511 e. The van der Waals surface area contributed by atoms with Gasteiger partial charge in [-0.2, -0.15) is 0 Å². The lowest BCUT2D eigenvalue weighted by atomic mass is 10.2. The predicted molar refractivity (Wildman–Crippen MR) is 74.0 cm³/mol. The number of β-lactam (4-membered cyclic amide) rings is 1. The minimum Gasteiger partial charge on any atom is -0.431 e. The van der Waals surface area contributed by atoms with E-state index in [-0.39, 0.29) is 17.4 Å². The Hall–Kier alpha value is -1.70. The fraction of sp³-hybridized carbons (Fsp3) is 0.615. The molecule has 0 spiro atoms. The van der Waals surface area contributed by atoms with Gasteiger partial charge >= 0.3 is 12.1 Å². The number of hydrogen-bond acceptors (Lipinski definition) is 7. The molecule has 0 aromatic rings. The third-order valence-corrected chi connectivity index (χ3v) is 4.06. The van der Waals surface area contributed by atoms with Crippen LogP contribution in [0.15, 0.2) is 11.8 Å².